The van der Waals surface area contributed by atoms with Gasteiger partial charge in [0.05, 0.1) is 6.34 Å². The molecule has 0 aromatic rings. The lowest BCUT2D eigenvalue weighted by Gasteiger charge is -1.90. The first-order chi connectivity index (χ1) is 4.91. The Morgan fingerprint density at radius 3 is 2.90 bits per heavy atom. The number of rotatable bonds is 5. The summed E-state index contributed by atoms with van der Waals surface area (Å²) in [5, 5.41) is 5.94. The molecule has 58 valence electrons. The standard InChI is InChI=1S/C7H15N3/c1-8-5-3-4-6-10-7-9-2/h4,6-8H,3,5H2,1-2H3,(H,9,10)/b6-4+. The summed E-state index contributed by atoms with van der Waals surface area (Å²) in [6.07, 6.45) is 6.62. The maximum atomic E-state index is 3.75. The number of nitrogens with one attached hydrogen (secondary N) is 2. The van der Waals surface area contributed by atoms with Gasteiger partial charge in [-0.05, 0) is 26.2 Å². The summed E-state index contributed by atoms with van der Waals surface area (Å²) < 4.78 is 0. The van der Waals surface area contributed by atoms with Gasteiger partial charge in [-0.2, -0.15) is 0 Å². The lowest BCUT2D eigenvalue weighted by molar-refractivity contribution is 0.806. The van der Waals surface area contributed by atoms with Crippen molar-refractivity contribution in [3.63, 3.8) is 0 Å². The molecule has 0 amide bonds. The molecule has 0 aliphatic heterocycles. The van der Waals surface area contributed by atoms with Crippen LogP contribution in [0, 0.1) is 0 Å². The average Bonchev–Trinajstić information content (AvgIpc) is 1.97. The van der Waals surface area contributed by atoms with E-state index in [9.17, 15) is 0 Å². The molecule has 0 spiro atoms. The summed E-state index contributed by atoms with van der Waals surface area (Å²) in [6.45, 7) is 1.02. The van der Waals surface area contributed by atoms with Crippen LogP contribution in [0.3, 0.4) is 0 Å². The quantitative estimate of drug-likeness (QED) is 0.329. The summed E-state index contributed by atoms with van der Waals surface area (Å²) in [6, 6.07) is 0. The highest BCUT2D eigenvalue weighted by Gasteiger charge is 1.73. The van der Waals surface area contributed by atoms with Crippen molar-refractivity contribution in [2.45, 2.75) is 6.42 Å². The zero-order chi connectivity index (χ0) is 7.66. The monoisotopic (exact) mass is 141 g/mol. The van der Waals surface area contributed by atoms with E-state index in [0.29, 0.717) is 0 Å². The Hall–Kier alpha value is -0.830. The Labute approximate surface area is 62.2 Å². The Balaban J connectivity index is 3.04. The molecular formula is C7H15N3. The fourth-order valence-corrected chi connectivity index (χ4v) is 0.497. The van der Waals surface area contributed by atoms with Gasteiger partial charge < -0.3 is 10.6 Å². The zero-order valence-electron chi connectivity index (χ0n) is 6.59. The first-order valence-corrected chi connectivity index (χ1v) is 3.38. The van der Waals surface area contributed by atoms with Crippen LogP contribution < -0.4 is 10.6 Å². The van der Waals surface area contributed by atoms with E-state index < -0.39 is 0 Å². The summed E-state index contributed by atoms with van der Waals surface area (Å²) in [5.41, 5.74) is 0. The summed E-state index contributed by atoms with van der Waals surface area (Å²) in [7, 11) is 3.67. The van der Waals surface area contributed by atoms with E-state index in [1.54, 1.807) is 13.4 Å². The maximum Gasteiger partial charge on any atom is 0.0859 e. The number of hydrogen-bond acceptors (Lipinski definition) is 2. The molecule has 0 unspecified atom stereocenters. The van der Waals surface area contributed by atoms with Crippen LogP contribution in [0.15, 0.2) is 17.3 Å². The Kier molecular flexibility index (Phi) is 7.49. The van der Waals surface area contributed by atoms with Crippen molar-refractivity contribution in [1.29, 1.82) is 0 Å². The van der Waals surface area contributed by atoms with Gasteiger partial charge in [-0.1, -0.05) is 6.08 Å². The topological polar surface area (TPSA) is 36.4 Å². The van der Waals surface area contributed by atoms with Crippen molar-refractivity contribution >= 4 is 6.34 Å². The van der Waals surface area contributed by atoms with Crippen LogP contribution in [0.25, 0.3) is 0 Å². The molecule has 3 nitrogen and oxygen atoms in total. The zero-order valence-corrected chi connectivity index (χ0v) is 6.59. The summed E-state index contributed by atoms with van der Waals surface area (Å²) in [5.74, 6) is 0. The normalized spacial score (nSPS) is 11.4. The van der Waals surface area contributed by atoms with Crippen LogP contribution in [-0.4, -0.2) is 27.0 Å². The largest absolute Gasteiger partial charge is 0.353 e. The van der Waals surface area contributed by atoms with Crippen molar-refractivity contribution in [2.24, 2.45) is 4.99 Å². The third-order valence-corrected chi connectivity index (χ3v) is 0.979. The molecule has 0 saturated heterocycles. The van der Waals surface area contributed by atoms with Gasteiger partial charge in [0.25, 0.3) is 0 Å². The van der Waals surface area contributed by atoms with Gasteiger partial charge in [-0.3, -0.25) is 4.99 Å². The van der Waals surface area contributed by atoms with Crippen LogP contribution in [-0.2, 0) is 0 Å². The molecule has 0 aliphatic carbocycles. The number of nitrogens with zero attached hydrogens (tertiary/aromatic N) is 1. The van der Waals surface area contributed by atoms with E-state index in [4.69, 9.17) is 0 Å². The Morgan fingerprint density at radius 2 is 2.30 bits per heavy atom. The minimum atomic E-state index is 1.02. The lowest BCUT2D eigenvalue weighted by atomic mass is 10.4. The lowest BCUT2D eigenvalue weighted by Crippen LogP contribution is -2.06. The average molecular weight is 141 g/mol. The van der Waals surface area contributed by atoms with E-state index in [1.807, 2.05) is 13.2 Å². The molecule has 0 radical (unpaired) electrons. The van der Waals surface area contributed by atoms with Crippen molar-refractivity contribution in [3.05, 3.63) is 12.3 Å². The highest BCUT2D eigenvalue weighted by atomic mass is 14.9. The number of aliphatic imine (C=N–C) groups is 1. The predicted molar refractivity (Wildman–Crippen MR) is 45.2 cm³/mol. The second-order valence-corrected chi connectivity index (χ2v) is 1.85. The maximum absolute atomic E-state index is 3.75. The van der Waals surface area contributed by atoms with Crippen LogP contribution in [0.1, 0.15) is 6.42 Å². The molecule has 0 fully saturated rings. The minimum Gasteiger partial charge on any atom is -0.353 e. The Bertz CT molecular complexity index is 107. The second kappa shape index (κ2) is 8.17. The Morgan fingerprint density at radius 1 is 1.50 bits per heavy atom. The number of hydrogen-bond donors (Lipinski definition) is 2. The van der Waals surface area contributed by atoms with Gasteiger partial charge in [-0.15, -0.1) is 0 Å². The SMILES string of the molecule is CN=CN/C=C/CCNC. The van der Waals surface area contributed by atoms with Gasteiger partial charge in [0, 0.05) is 7.05 Å². The molecule has 0 aliphatic rings. The van der Waals surface area contributed by atoms with Crippen LogP contribution >= 0.6 is 0 Å². The van der Waals surface area contributed by atoms with E-state index in [2.05, 4.69) is 21.7 Å². The molecular weight excluding hydrogens is 126 g/mol. The fourth-order valence-electron chi connectivity index (χ4n) is 0.497. The first-order valence-electron chi connectivity index (χ1n) is 3.38. The van der Waals surface area contributed by atoms with E-state index >= 15 is 0 Å². The minimum absolute atomic E-state index is 1.02. The van der Waals surface area contributed by atoms with E-state index in [-0.39, 0.29) is 0 Å². The molecule has 0 atom stereocenters. The smallest absolute Gasteiger partial charge is 0.0859 e. The summed E-state index contributed by atoms with van der Waals surface area (Å²) >= 11 is 0. The van der Waals surface area contributed by atoms with Crippen LogP contribution in [0.2, 0.25) is 0 Å². The summed E-state index contributed by atoms with van der Waals surface area (Å²) in [4.78, 5) is 3.75. The molecule has 0 rings (SSSR count). The third-order valence-electron chi connectivity index (χ3n) is 0.979. The van der Waals surface area contributed by atoms with Crippen molar-refractivity contribution in [3.8, 4) is 0 Å². The van der Waals surface area contributed by atoms with Crippen molar-refractivity contribution in [1.82, 2.24) is 10.6 Å². The van der Waals surface area contributed by atoms with Gasteiger partial charge in [-0.25, -0.2) is 0 Å². The van der Waals surface area contributed by atoms with Crippen molar-refractivity contribution < 1.29 is 0 Å². The highest BCUT2D eigenvalue weighted by molar-refractivity contribution is 5.55. The van der Waals surface area contributed by atoms with Gasteiger partial charge in [0.15, 0.2) is 0 Å². The van der Waals surface area contributed by atoms with Crippen molar-refractivity contribution in [2.75, 3.05) is 20.6 Å². The van der Waals surface area contributed by atoms with Crippen LogP contribution in [0.5, 0.6) is 0 Å². The molecule has 0 aromatic heterocycles. The van der Waals surface area contributed by atoms with Gasteiger partial charge >= 0.3 is 0 Å². The first kappa shape index (κ1) is 9.17. The van der Waals surface area contributed by atoms with E-state index in [0.717, 1.165) is 13.0 Å². The molecule has 0 heterocycles. The predicted octanol–water partition coefficient (Wildman–Crippen LogP) is 0.357. The molecule has 2 N–H and O–H groups in total. The molecule has 0 aromatic carbocycles. The fraction of sp³-hybridized carbons (Fsp3) is 0.571. The second-order valence-electron chi connectivity index (χ2n) is 1.85. The van der Waals surface area contributed by atoms with Gasteiger partial charge in [0.2, 0.25) is 0 Å². The molecule has 0 bridgehead atoms. The molecule has 0 saturated carbocycles. The van der Waals surface area contributed by atoms with Gasteiger partial charge in [0.1, 0.15) is 0 Å². The molecule has 3 heteroatoms. The molecule has 10 heavy (non-hydrogen) atoms. The van der Waals surface area contributed by atoms with Crippen LogP contribution in [0.4, 0.5) is 0 Å². The van der Waals surface area contributed by atoms with E-state index in [1.165, 1.54) is 0 Å². The third kappa shape index (κ3) is 7.17. The highest BCUT2D eigenvalue weighted by Crippen LogP contribution is 1.75.